The quantitative estimate of drug-likeness (QED) is 0.537. The summed E-state index contributed by atoms with van der Waals surface area (Å²) in [4.78, 5) is 12.4. The Balaban J connectivity index is 1.67. The number of sulfonamides is 1. The molecule has 7 nitrogen and oxygen atoms in total. The second kappa shape index (κ2) is 9.23. The van der Waals surface area contributed by atoms with Crippen LogP contribution in [0.25, 0.3) is 0 Å². The van der Waals surface area contributed by atoms with Gasteiger partial charge in [0, 0.05) is 5.56 Å². The third-order valence-corrected chi connectivity index (χ3v) is 5.39. The molecule has 0 atom stereocenters. The number of hydrogen-bond donors (Lipinski definition) is 2. The number of furan rings is 1. The molecule has 1 heterocycles. The summed E-state index contributed by atoms with van der Waals surface area (Å²) >= 11 is 0. The fraction of sp³-hybridized carbons (Fsp3) is 0.150. The van der Waals surface area contributed by atoms with Crippen LogP contribution in [0.15, 0.2) is 76.2 Å². The number of rotatable bonds is 8. The molecular formula is C20H17F3N2O5S. The lowest BCUT2D eigenvalue weighted by molar-refractivity contribution is -0.153. The normalized spacial score (nSPS) is 11.8. The molecule has 0 aliphatic heterocycles. The first-order valence-electron chi connectivity index (χ1n) is 8.86. The van der Waals surface area contributed by atoms with Crippen LogP contribution in [0.1, 0.15) is 16.1 Å². The highest BCUT2D eigenvalue weighted by Gasteiger charge is 2.29. The van der Waals surface area contributed by atoms with Crippen molar-refractivity contribution in [1.29, 1.82) is 0 Å². The van der Waals surface area contributed by atoms with Gasteiger partial charge in [-0.2, -0.15) is 13.2 Å². The topological polar surface area (TPSA) is 97.6 Å². The minimum absolute atomic E-state index is 0.0354. The van der Waals surface area contributed by atoms with E-state index in [-0.39, 0.29) is 28.4 Å². The predicted molar refractivity (Wildman–Crippen MR) is 105 cm³/mol. The van der Waals surface area contributed by atoms with E-state index in [1.165, 1.54) is 54.8 Å². The van der Waals surface area contributed by atoms with E-state index in [0.717, 1.165) is 0 Å². The van der Waals surface area contributed by atoms with E-state index in [9.17, 15) is 26.4 Å². The largest absolute Gasteiger partial charge is 0.482 e. The molecule has 164 valence electrons. The van der Waals surface area contributed by atoms with Gasteiger partial charge in [-0.25, -0.2) is 13.1 Å². The maximum absolute atomic E-state index is 12.4. The highest BCUT2D eigenvalue weighted by Crippen LogP contribution is 2.27. The van der Waals surface area contributed by atoms with Crippen molar-refractivity contribution in [3.05, 3.63) is 78.3 Å². The second-order valence-electron chi connectivity index (χ2n) is 6.28. The number of anilines is 1. The van der Waals surface area contributed by atoms with E-state index in [0.29, 0.717) is 5.76 Å². The molecular weight excluding hydrogens is 437 g/mol. The zero-order valence-corrected chi connectivity index (χ0v) is 16.7. The van der Waals surface area contributed by atoms with Gasteiger partial charge >= 0.3 is 6.18 Å². The third kappa shape index (κ3) is 6.33. The van der Waals surface area contributed by atoms with E-state index in [1.54, 1.807) is 12.1 Å². The fourth-order valence-electron chi connectivity index (χ4n) is 2.50. The molecule has 0 saturated carbocycles. The fourth-order valence-corrected chi connectivity index (χ4v) is 3.49. The van der Waals surface area contributed by atoms with Gasteiger partial charge in [0.15, 0.2) is 6.61 Å². The highest BCUT2D eigenvalue weighted by atomic mass is 32.2. The van der Waals surface area contributed by atoms with Gasteiger partial charge in [-0.3, -0.25) is 4.79 Å². The van der Waals surface area contributed by atoms with Gasteiger partial charge in [0.25, 0.3) is 5.91 Å². The lowest BCUT2D eigenvalue weighted by Crippen LogP contribution is -2.23. The standard InChI is InChI=1S/C20H17F3N2O5S/c21-20(22,23)13-30-18-6-2-1-5-17(18)25-19(26)14-7-9-16(10-8-14)31(27,28)24-12-15-4-3-11-29-15/h1-11,24H,12-13H2,(H,25,26). The Hall–Kier alpha value is -3.31. The van der Waals surface area contributed by atoms with Gasteiger partial charge in [0.1, 0.15) is 11.5 Å². The molecule has 1 amide bonds. The second-order valence-corrected chi connectivity index (χ2v) is 8.05. The summed E-state index contributed by atoms with van der Waals surface area (Å²) in [6, 6.07) is 14.0. The highest BCUT2D eigenvalue weighted by molar-refractivity contribution is 7.89. The van der Waals surface area contributed by atoms with Crippen molar-refractivity contribution in [1.82, 2.24) is 4.72 Å². The van der Waals surface area contributed by atoms with Crippen molar-refractivity contribution in [3.8, 4) is 5.75 Å². The maximum atomic E-state index is 12.4. The molecule has 0 fully saturated rings. The van der Waals surface area contributed by atoms with Gasteiger partial charge in [0.2, 0.25) is 10.0 Å². The summed E-state index contributed by atoms with van der Waals surface area (Å²) in [5.74, 6) is -0.351. The number of benzene rings is 2. The minimum Gasteiger partial charge on any atom is -0.482 e. The van der Waals surface area contributed by atoms with E-state index in [1.807, 2.05) is 0 Å². The van der Waals surface area contributed by atoms with Crippen molar-refractivity contribution in [3.63, 3.8) is 0 Å². The summed E-state index contributed by atoms with van der Waals surface area (Å²) < 4.78 is 74.0. The van der Waals surface area contributed by atoms with Crippen molar-refractivity contribution in [2.45, 2.75) is 17.6 Å². The molecule has 0 unspecified atom stereocenters. The molecule has 3 aromatic rings. The average molecular weight is 454 g/mol. The minimum atomic E-state index is -4.52. The van der Waals surface area contributed by atoms with Crippen LogP contribution >= 0.6 is 0 Å². The Morgan fingerprint density at radius 1 is 1.00 bits per heavy atom. The molecule has 2 N–H and O–H groups in total. The van der Waals surface area contributed by atoms with Gasteiger partial charge in [-0.15, -0.1) is 0 Å². The summed E-state index contributed by atoms with van der Waals surface area (Å²) in [6.45, 7) is -1.54. The molecule has 3 rings (SSSR count). The third-order valence-electron chi connectivity index (χ3n) is 3.97. The Bertz CT molecular complexity index is 1130. The summed E-state index contributed by atoms with van der Waals surface area (Å²) in [5.41, 5.74) is 0.157. The molecule has 2 aromatic carbocycles. The van der Waals surface area contributed by atoms with Gasteiger partial charge in [-0.05, 0) is 48.5 Å². The van der Waals surface area contributed by atoms with Crippen LogP contribution in [0.5, 0.6) is 5.75 Å². The van der Waals surface area contributed by atoms with Gasteiger partial charge in [-0.1, -0.05) is 12.1 Å². The summed E-state index contributed by atoms with van der Waals surface area (Å²) in [7, 11) is -3.83. The maximum Gasteiger partial charge on any atom is 0.422 e. The molecule has 0 aliphatic rings. The van der Waals surface area contributed by atoms with Gasteiger partial charge in [0.05, 0.1) is 23.4 Å². The van der Waals surface area contributed by atoms with Crippen LogP contribution in [0.4, 0.5) is 18.9 Å². The number of carbonyl (C=O) groups is 1. The van der Waals surface area contributed by atoms with E-state index < -0.39 is 28.7 Å². The molecule has 1 aromatic heterocycles. The predicted octanol–water partition coefficient (Wildman–Crippen LogP) is 3.95. The Morgan fingerprint density at radius 3 is 2.35 bits per heavy atom. The van der Waals surface area contributed by atoms with Crippen molar-refractivity contribution in [2.75, 3.05) is 11.9 Å². The smallest absolute Gasteiger partial charge is 0.422 e. The number of halogens is 3. The van der Waals surface area contributed by atoms with E-state index in [4.69, 9.17) is 9.15 Å². The first kappa shape index (κ1) is 22.4. The number of hydrogen-bond acceptors (Lipinski definition) is 5. The molecule has 11 heteroatoms. The van der Waals surface area contributed by atoms with Crippen LogP contribution < -0.4 is 14.8 Å². The van der Waals surface area contributed by atoms with Crippen LogP contribution in [0.2, 0.25) is 0 Å². The molecule has 0 aliphatic carbocycles. The number of ether oxygens (including phenoxy) is 1. The van der Waals surface area contributed by atoms with Crippen LogP contribution in [-0.4, -0.2) is 27.1 Å². The molecule has 0 bridgehead atoms. The summed E-state index contributed by atoms with van der Waals surface area (Å²) in [5, 5.41) is 2.46. The number of carbonyl (C=O) groups excluding carboxylic acids is 1. The first-order chi connectivity index (χ1) is 14.6. The molecule has 0 saturated heterocycles. The lowest BCUT2D eigenvalue weighted by atomic mass is 10.2. The van der Waals surface area contributed by atoms with E-state index in [2.05, 4.69) is 10.0 Å². The Labute approximate surface area is 175 Å². The first-order valence-corrected chi connectivity index (χ1v) is 10.3. The van der Waals surface area contributed by atoms with Gasteiger partial charge < -0.3 is 14.5 Å². The van der Waals surface area contributed by atoms with Crippen LogP contribution in [0, 0.1) is 0 Å². The summed E-state index contributed by atoms with van der Waals surface area (Å²) in [6.07, 6.45) is -3.10. The Morgan fingerprint density at radius 2 is 1.71 bits per heavy atom. The molecule has 0 radical (unpaired) electrons. The SMILES string of the molecule is O=C(Nc1ccccc1OCC(F)(F)F)c1ccc(S(=O)(=O)NCc2ccco2)cc1. The van der Waals surface area contributed by atoms with Crippen molar-refractivity contribution < 1.29 is 35.5 Å². The number of alkyl halides is 3. The average Bonchev–Trinajstić information content (AvgIpc) is 3.25. The Kier molecular flexibility index (Phi) is 6.66. The van der Waals surface area contributed by atoms with Crippen LogP contribution in [-0.2, 0) is 16.6 Å². The zero-order chi connectivity index (χ0) is 22.5. The molecule has 0 spiro atoms. The van der Waals surface area contributed by atoms with Crippen LogP contribution in [0.3, 0.4) is 0 Å². The van der Waals surface area contributed by atoms with Crippen molar-refractivity contribution in [2.24, 2.45) is 0 Å². The lowest BCUT2D eigenvalue weighted by Gasteiger charge is -2.14. The number of nitrogens with one attached hydrogen (secondary N) is 2. The number of amides is 1. The molecule has 31 heavy (non-hydrogen) atoms. The van der Waals surface area contributed by atoms with E-state index >= 15 is 0 Å². The van der Waals surface area contributed by atoms with Crippen molar-refractivity contribution >= 4 is 21.6 Å². The zero-order valence-electron chi connectivity index (χ0n) is 15.8. The number of para-hydroxylation sites is 2. The monoisotopic (exact) mass is 454 g/mol.